The Morgan fingerprint density at radius 2 is 1.96 bits per heavy atom. The number of benzene rings is 1. The number of hydrogen-bond acceptors (Lipinski definition) is 5. The molecule has 5 nitrogen and oxygen atoms in total. The van der Waals surface area contributed by atoms with E-state index in [9.17, 15) is 5.11 Å². The number of aliphatic hydroxyl groups excluding tert-OH is 1. The lowest BCUT2D eigenvalue weighted by Gasteiger charge is -2.24. The van der Waals surface area contributed by atoms with Crippen LogP contribution < -0.4 is 5.32 Å². The Labute approximate surface area is 137 Å². The second kappa shape index (κ2) is 7.53. The summed E-state index contributed by atoms with van der Waals surface area (Å²) in [5.74, 6) is 0.653. The number of anilines is 1. The van der Waals surface area contributed by atoms with E-state index >= 15 is 0 Å². The minimum Gasteiger partial charge on any atom is -0.395 e. The van der Waals surface area contributed by atoms with Gasteiger partial charge in [0.25, 0.3) is 0 Å². The zero-order chi connectivity index (χ0) is 16.1. The van der Waals surface area contributed by atoms with Crippen molar-refractivity contribution in [3.8, 4) is 0 Å². The van der Waals surface area contributed by atoms with Crippen LogP contribution in [0.1, 0.15) is 29.5 Å². The van der Waals surface area contributed by atoms with Gasteiger partial charge in [0.2, 0.25) is 5.95 Å². The maximum absolute atomic E-state index is 9.49. The molecule has 0 spiro atoms. The summed E-state index contributed by atoms with van der Waals surface area (Å²) in [6, 6.07) is 8.74. The molecule has 0 saturated carbocycles. The van der Waals surface area contributed by atoms with Gasteiger partial charge in [-0.2, -0.15) is 0 Å². The highest BCUT2D eigenvalue weighted by atomic mass is 16.3. The Hall–Kier alpha value is -1.98. The average molecular weight is 312 g/mol. The minimum atomic E-state index is 0.248. The highest BCUT2D eigenvalue weighted by molar-refractivity contribution is 5.32. The number of hydrogen-bond donors (Lipinski definition) is 2. The summed E-state index contributed by atoms with van der Waals surface area (Å²) in [5, 5.41) is 12.8. The summed E-state index contributed by atoms with van der Waals surface area (Å²) in [5.41, 5.74) is 3.60. The van der Waals surface area contributed by atoms with Crippen LogP contribution in [0.4, 0.5) is 5.95 Å². The first-order valence-corrected chi connectivity index (χ1v) is 8.20. The lowest BCUT2D eigenvalue weighted by molar-refractivity contribution is 0.153. The Kier molecular flexibility index (Phi) is 5.20. The van der Waals surface area contributed by atoms with Crippen LogP contribution in [0, 0.1) is 6.92 Å². The van der Waals surface area contributed by atoms with Crippen LogP contribution >= 0.6 is 0 Å². The molecule has 23 heavy (non-hydrogen) atoms. The van der Waals surface area contributed by atoms with E-state index in [0.717, 1.165) is 25.1 Å². The number of nitrogens with one attached hydrogen (secondary N) is 1. The molecule has 1 saturated heterocycles. The zero-order valence-corrected chi connectivity index (χ0v) is 13.6. The summed E-state index contributed by atoms with van der Waals surface area (Å²) in [7, 11) is 0. The highest BCUT2D eigenvalue weighted by Crippen LogP contribution is 2.21. The molecule has 5 heteroatoms. The van der Waals surface area contributed by atoms with Crippen LogP contribution in [0.3, 0.4) is 0 Å². The molecule has 1 aliphatic heterocycles. The molecule has 1 atom stereocenters. The Morgan fingerprint density at radius 1 is 1.22 bits per heavy atom. The summed E-state index contributed by atoms with van der Waals surface area (Å²) >= 11 is 0. The Balaban J connectivity index is 1.66. The van der Waals surface area contributed by atoms with Gasteiger partial charge in [-0.15, -0.1) is 0 Å². The number of aryl methyl sites for hydroxylation is 1. The fourth-order valence-electron chi connectivity index (χ4n) is 3.07. The average Bonchev–Trinajstić information content (AvgIpc) is 3.03. The van der Waals surface area contributed by atoms with Gasteiger partial charge in [0.05, 0.1) is 6.61 Å². The van der Waals surface area contributed by atoms with E-state index in [-0.39, 0.29) is 6.61 Å². The number of likely N-dealkylation sites (tertiary alicyclic amines) is 1. The van der Waals surface area contributed by atoms with Crippen LogP contribution in [0.15, 0.2) is 36.7 Å². The van der Waals surface area contributed by atoms with E-state index in [1.165, 1.54) is 17.5 Å². The third kappa shape index (κ3) is 4.06. The van der Waals surface area contributed by atoms with Gasteiger partial charge in [0, 0.05) is 31.5 Å². The van der Waals surface area contributed by atoms with Gasteiger partial charge in [-0.1, -0.05) is 24.3 Å². The van der Waals surface area contributed by atoms with Gasteiger partial charge in [-0.25, -0.2) is 9.97 Å². The van der Waals surface area contributed by atoms with Crippen LogP contribution in [-0.4, -0.2) is 39.2 Å². The fraction of sp³-hybridized carbons (Fsp3) is 0.444. The summed E-state index contributed by atoms with van der Waals surface area (Å²) in [6.45, 7) is 4.88. The Morgan fingerprint density at radius 3 is 2.70 bits per heavy atom. The SMILES string of the molecule is Cc1cnc(NCc2ccccc2CN2CCC[C@@H]2CO)nc1. The van der Waals surface area contributed by atoms with Crippen LogP contribution in [0.25, 0.3) is 0 Å². The third-order valence-electron chi connectivity index (χ3n) is 4.42. The lowest BCUT2D eigenvalue weighted by atomic mass is 10.1. The van der Waals surface area contributed by atoms with E-state index in [1.807, 2.05) is 19.3 Å². The van der Waals surface area contributed by atoms with Gasteiger partial charge in [0.1, 0.15) is 0 Å². The maximum Gasteiger partial charge on any atom is 0.222 e. The van der Waals surface area contributed by atoms with Crippen LogP contribution in [0.2, 0.25) is 0 Å². The summed E-state index contributed by atoms with van der Waals surface area (Å²) in [6.07, 6.45) is 5.89. The van der Waals surface area contributed by atoms with Crippen molar-refractivity contribution in [1.29, 1.82) is 0 Å². The van der Waals surface area contributed by atoms with Crippen LogP contribution in [-0.2, 0) is 13.1 Å². The fourth-order valence-corrected chi connectivity index (χ4v) is 3.07. The molecular formula is C18H24N4O. The van der Waals surface area contributed by atoms with Crippen molar-refractivity contribution in [2.24, 2.45) is 0 Å². The smallest absolute Gasteiger partial charge is 0.222 e. The molecular weight excluding hydrogens is 288 g/mol. The van der Waals surface area contributed by atoms with Crippen molar-refractivity contribution in [1.82, 2.24) is 14.9 Å². The topological polar surface area (TPSA) is 61.3 Å². The van der Waals surface area contributed by atoms with E-state index < -0.39 is 0 Å². The number of nitrogens with zero attached hydrogens (tertiary/aromatic N) is 3. The van der Waals surface area contributed by atoms with Crippen molar-refractivity contribution in [2.45, 2.75) is 38.9 Å². The molecule has 1 aliphatic rings. The zero-order valence-electron chi connectivity index (χ0n) is 13.6. The van der Waals surface area contributed by atoms with Crippen LogP contribution in [0.5, 0.6) is 0 Å². The molecule has 2 aromatic rings. The second-order valence-electron chi connectivity index (χ2n) is 6.16. The van der Waals surface area contributed by atoms with E-state index in [0.29, 0.717) is 18.5 Å². The Bertz CT molecular complexity index is 629. The predicted octanol–water partition coefficient (Wildman–Crippen LogP) is 2.35. The number of aromatic nitrogens is 2. The van der Waals surface area contributed by atoms with Crippen molar-refractivity contribution in [3.63, 3.8) is 0 Å². The first-order valence-electron chi connectivity index (χ1n) is 8.20. The molecule has 0 aliphatic carbocycles. The normalized spacial score (nSPS) is 18.3. The molecule has 1 aromatic carbocycles. The molecule has 0 unspecified atom stereocenters. The number of rotatable bonds is 6. The molecule has 1 aromatic heterocycles. The van der Waals surface area contributed by atoms with E-state index in [1.54, 1.807) is 0 Å². The van der Waals surface area contributed by atoms with Crippen molar-refractivity contribution in [3.05, 3.63) is 53.3 Å². The molecule has 0 amide bonds. The van der Waals surface area contributed by atoms with Crippen molar-refractivity contribution in [2.75, 3.05) is 18.5 Å². The largest absolute Gasteiger partial charge is 0.395 e. The van der Waals surface area contributed by atoms with Gasteiger partial charge in [-0.05, 0) is 43.0 Å². The van der Waals surface area contributed by atoms with Gasteiger partial charge in [0.15, 0.2) is 0 Å². The molecule has 0 radical (unpaired) electrons. The number of aliphatic hydroxyl groups is 1. The maximum atomic E-state index is 9.49. The third-order valence-corrected chi connectivity index (χ3v) is 4.42. The summed E-state index contributed by atoms with van der Waals surface area (Å²) < 4.78 is 0. The molecule has 2 heterocycles. The van der Waals surface area contributed by atoms with Crippen molar-refractivity contribution < 1.29 is 5.11 Å². The summed E-state index contributed by atoms with van der Waals surface area (Å²) in [4.78, 5) is 10.9. The first-order chi connectivity index (χ1) is 11.3. The first kappa shape index (κ1) is 15.9. The quantitative estimate of drug-likeness (QED) is 0.857. The predicted molar refractivity (Wildman–Crippen MR) is 91.1 cm³/mol. The minimum absolute atomic E-state index is 0.248. The van der Waals surface area contributed by atoms with E-state index in [4.69, 9.17) is 0 Å². The second-order valence-corrected chi connectivity index (χ2v) is 6.16. The lowest BCUT2D eigenvalue weighted by Crippen LogP contribution is -2.32. The van der Waals surface area contributed by atoms with Gasteiger partial charge < -0.3 is 10.4 Å². The van der Waals surface area contributed by atoms with Gasteiger partial charge in [-0.3, -0.25) is 4.90 Å². The standard InChI is InChI=1S/C18H24N4O/c1-14-9-19-18(20-10-14)21-11-15-5-2-3-6-16(15)12-22-8-4-7-17(22)13-23/h2-3,5-6,9-10,17,23H,4,7-8,11-13H2,1H3,(H,19,20,21)/t17-/m1/s1. The molecule has 1 fully saturated rings. The highest BCUT2D eigenvalue weighted by Gasteiger charge is 2.24. The molecule has 0 bridgehead atoms. The molecule has 2 N–H and O–H groups in total. The van der Waals surface area contributed by atoms with Gasteiger partial charge >= 0.3 is 0 Å². The van der Waals surface area contributed by atoms with Crippen molar-refractivity contribution >= 4 is 5.95 Å². The monoisotopic (exact) mass is 312 g/mol. The molecule has 122 valence electrons. The molecule has 3 rings (SSSR count). The van der Waals surface area contributed by atoms with E-state index in [2.05, 4.69) is 44.5 Å².